The zero-order valence-corrected chi connectivity index (χ0v) is 13.1. The molecule has 2 N–H and O–H groups in total. The van der Waals surface area contributed by atoms with Crippen LogP contribution in [-0.2, 0) is 4.79 Å². The van der Waals surface area contributed by atoms with Gasteiger partial charge in [-0.1, -0.05) is 51.1 Å². The molecule has 21 heavy (non-hydrogen) atoms. The second kappa shape index (κ2) is 7.93. The van der Waals surface area contributed by atoms with E-state index in [2.05, 4.69) is 5.32 Å². The molecule has 1 unspecified atom stereocenters. The van der Waals surface area contributed by atoms with Gasteiger partial charge in [0.25, 0.3) is 0 Å². The highest BCUT2D eigenvalue weighted by atomic mass is 16.3. The van der Waals surface area contributed by atoms with Gasteiger partial charge >= 0.3 is 0 Å². The van der Waals surface area contributed by atoms with Gasteiger partial charge in [0.15, 0.2) is 5.78 Å². The third-order valence-corrected chi connectivity index (χ3v) is 3.47. The molecular weight excluding hydrogens is 266 g/mol. The Morgan fingerprint density at radius 2 is 1.76 bits per heavy atom. The third kappa shape index (κ3) is 6.08. The second-order valence-corrected chi connectivity index (χ2v) is 6.29. The van der Waals surface area contributed by atoms with Gasteiger partial charge in [-0.2, -0.15) is 0 Å². The quantitative estimate of drug-likeness (QED) is 0.759. The van der Waals surface area contributed by atoms with Crippen molar-refractivity contribution in [3.05, 3.63) is 35.9 Å². The number of hydrogen-bond acceptors (Lipinski definition) is 3. The molecule has 0 spiro atoms. The van der Waals surface area contributed by atoms with Gasteiger partial charge in [-0.05, 0) is 11.8 Å². The Labute approximate surface area is 126 Å². The summed E-state index contributed by atoms with van der Waals surface area (Å²) in [5, 5.41) is 12.0. The molecule has 0 heterocycles. The molecule has 0 aliphatic carbocycles. The van der Waals surface area contributed by atoms with Crippen LogP contribution in [0.2, 0.25) is 0 Å². The van der Waals surface area contributed by atoms with Crippen LogP contribution in [0.3, 0.4) is 0 Å². The predicted octanol–water partition coefficient (Wildman–Crippen LogP) is 2.56. The molecular formula is C17H25NO3. The minimum absolute atomic E-state index is 0.0276. The fourth-order valence-electron chi connectivity index (χ4n) is 2.11. The topological polar surface area (TPSA) is 66.4 Å². The number of Topliss-reactive ketones (excluding diaryl/α,β-unsaturated/α-hetero) is 1. The number of benzene rings is 1. The standard InChI is InChI=1S/C17H25NO3/c1-17(2,3)15(11-12-19)18-16(21)10-9-14(20)13-7-5-4-6-8-13/h4-8,15,19H,9-12H2,1-3H3,(H,18,21). The molecule has 1 aromatic rings. The summed E-state index contributed by atoms with van der Waals surface area (Å²) < 4.78 is 0. The second-order valence-electron chi connectivity index (χ2n) is 6.29. The Morgan fingerprint density at radius 3 is 2.29 bits per heavy atom. The van der Waals surface area contributed by atoms with Crippen molar-refractivity contribution in [3.8, 4) is 0 Å². The maximum Gasteiger partial charge on any atom is 0.220 e. The van der Waals surface area contributed by atoms with E-state index in [1.54, 1.807) is 12.1 Å². The lowest BCUT2D eigenvalue weighted by Gasteiger charge is -2.31. The van der Waals surface area contributed by atoms with Crippen molar-refractivity contribution in [2.45, 2.75) is 46.1 Å². The molecule has 4 heteroatoms. The number of carbonyl (C=O) groups excluding carboxylic acids is 2. The van der Waals surface area contributed by atoms with E-state index in [1.165, 1.54) is 0 Å². The van der Waals surface area contributed by atoms with Crippen LogP contribution in [0, 0.1) is 5.41 Å². The number of amides is 1. The summed E-state index contributed by atoms with van der Waals surface area (Å²) in [7, 11) is 0. The Bertz CT molecular complexity index is 463. The first-order chi connectivity index (χ1) is 9.84. The molecule has 0 fully saturated rings. The summed E-state index contributed by atoms with van der Waals surface area (Å²) in [5.41, 5.74) is 0.509. The molecule has 1 amide bonds. The Kier molecular flexibility index (Phi) is 6.56. The molecule has 1 atom stereocenters. The fourth-order valence-corrected chi connectivity index (χ4v) is 2.11. The number of hydrogen-bond donors (Lipinski definition) is 2. The van der Waals surface area contributed by atoms with Crippen molar-refractivity contribution in [3.63, 3.8) is 0 Å². The van der Waals surface area contributed by atoms with Gasteiger partial charge in [-0.25, -0.2) is 0 Å². The Hall–Kier alpha value is -1.68. The number of nitrogens with one attached hydrogen (secondary N) is 1. The summed E-state index contributed by atoms with van der Waals surface area (Å²) in [6.07, 6.45) is 0.888. The van der Waals surface area contributed by atoms with E-state index in [4.69, 9.17) is 5.11 Å². The highest BCUT2D eigenvalue weighted by Crippen LogP contribution is 2.21. The maximum atomic E-state index is 12.0. The molecule has 116 valence electrons. The number of aliphatic hydroxyl groups excluding tert-OH is 1. The smallest absolute Gasteiger partial charge is 0.220 e. The monoisotopic (exact) mass is 291 g/mol. The zero-order chi connectivity index (χ0) is 15.9. The average Bonchev–Trinajstić information content (AvgIpc) is 2.44. The molecule has 0 saturated carbocycles. The first-order valence-electron chi connectivity index (χ1n) is 7.33. The minimum Gasteiger partial charge on any atom is -0.396 e. The fraction of sp³-hybridized carbons (Fsp3) is 0.529. The molecule has 0 aliphatic heterocycles. The summed E-state index contributed by atoms with van der Waals surface area (Å²) in [6, 6.07) is 8.89. The van der Waals surface area contributed by atoms with Crippen LogP contribution < -0.4 is 5.32 Å². The van der Waals surface area contributed by atoms with Crippen molar-refractivity contribution in [2.75, 3.05) is 6.61 Å². The molecule has 0 saturated heterocycles. The Morgan fingerprint density at radius 1 is 1.14 bits per heavy atom. The van der Waals surface area contributed by atoms with Crippen molar-refractivity contribution in [2.24, 2.45) is 5.41 Å². The lowest BCUT2D eigenvalue weighted by molar-refractivity contribution is -0.122. The average molecular weight is 291 g/mol. The summed E-state index contributed by atoms with van der Waals surface area (Å²) in [5.74, 6) is -0.173. The summed E-state index contributed by atoms with van der Waals surface area (Å²) in [4.78, 5) is 23.9. The van der Waals surface area contributed by atoms with Crippen LogP contribution in [0.5, 0.6) is 0 Å². The van der Waals surface area contributed by atoms with Crippen molar-refractivity contribution in [1.82, 2.24) is 5.32 Å². The molecule has 4 nitrogen and oxygen atoms in total. The van der Waals surface area contributed by atoms with E-state index in [0.29, 0.717) is 12.0 Å². The molecule has 1 rings (SSSR count). The van der Waals surface area contributed by atoms with Crippen LogP contribution in [0.4, 0.5) is 0 Å². The number of rotatable bonds is 7. The first kappa shape index (κ1) is 17.4. The van der Waals surface area contributed by atoms with Crippen molar-refractivity contribution >= 4 is 11.7 Å². The molecule has 0 aromatic heterocycles. The van der Waals surface area contributed by atoms with E-state index < -0.39 is 0 Å². The number of ketones is 1. The van der Waals surface area contributed by atoms with Crippen molar-refractivity contribution in [1.29, 1.82) is 0 Å². The predicted molar refractivity (Wildman–Crippen MR) is 83.1 cm³/mol. The first-order valence-corrected chi connectivity index (χ1v) is 7.33. The highest BCUT2D eigenvalue weighted by molar-refractivity contribution is 5.97. The van der Waals surface area contributed by atoms with Crippen LogP contribution in [0.15, 0.2) is 30.3 Å². The molecule has 1 aromatic carbocycles. The SMILES string of the molecule is CC(C)(C)C(CCO)NC(=O)CCC(=O)c1ccccc1. The summed E-state index contributed by atoms with van der Waals surface area (Å²) >= 11 is 0. The van der Waals surface area contributed by atoms with Crippen LogP contribution in [-0.4, -0.2) is 29.4 Å². The normalized spacial score (nSPS) is 12.8. The third-order valence-electron chi connectivity index (χ3n) is 3.47. The van der Waals surface area contributed by atoms with Gasteiger partial charge in [0.1, 0.15) is 0 Å². The zero-order valence-electron chi connectivity index (χ0n) is 13.1. The van der Waals surface area contributed by atoms with Gasteiger partial charge in [-0.15, -0.1) is 0 Å². The van der Waals surface area contributed by atoms with E-state index >= 15 is 0 Å². The Balaban J connectivity index is 2.48. The van der Waals surface area contributed by atoms with Gasteiger partial charge in [0, 0.05) is 31.1 Å². The highest BCUT2D eigenvalue weighted by Gasteiger charge is 2.25. The van der Waals surface area contributed by atoms with Crippen LogP contribution >= 0.6 is 0 Å². The van der Waals surface area contributed by atoms with Crippen LogP contribution in [0.1, 0.15) is 50.4 Å². The largest absolute Gasteiger partial charge is 0.396 e. The van der Waals surface area contributed by atoms with Gasteiger partial charge < -0.3 is 10.4 Å². The maximum absolute atomic E-state index is 12.0. The van der Waals surface area contributed by atoms with Crippen molar-refractivity contribution < 1.29 is 14.7 Å². The molecule has 0 aliphatic rings. The molecule has 0 bridgehead atoms. The molecule has 0 radical (unpaired) electrons. The van der Waals surface area contributed by atoms with E-state index in [0.717, 1.165) is 0 Å². The van der Waals surface area contributed by atoms with E-state index in [1.807, 2.05) is 39.0 Å². The summed E-state index contributed by atoms with van der Waals surface area (Å²) in [6.45, 7) is 6.08. The number of aliphatic hydroxyl groups is 1. The van der Waals surface area contributed by atoms with Gasteiger partial charge in [-0.3, -0.25) is 9.59 Å². The minimum atomic E-state index is -0.146. The van der Waals surface area contributed by atoms with E-state index in [-0.39, 0.29) is 42.6 Å². The lowest BCUT2D eigenvalue weighted by Crippen LogP contribution is -2.44. The lowest BCUT2D eigenvalue weighted by atomic mass is 9.85. The number of carbonyl (C=O) groups is 2. The van der Waals surface area contributed by atoms with Gasteiger partial charge in [0.05, 0.1) is 0 Å². The van der Waals surface area contributed by atoms with E-state index in [9.17, 15) is 9.59 Å². The van der Waals surface area contributed by atoms with Crippen LogP contribution in [0.25, 0.3) is 0 Å². The van der Waals surface area contributed by atoms with Gasteiger partial charge in [0.2, 0.25) is 5.91 Å².